The Balaban J connectivity index is 3.54. The molecular weight excluding hydrogens is 340 g/mol. The summed E-state index contributed by atoms with van der Waals surface area (Å²) >= 11 is 0. The lowest BCUT2D eigenvalue weighted by molar-refractivity contribution is -0.144. The van der Waals surface area contributed by atoms with Gasteiger partial charge < -0.3 is 9.47 Å². The second kappa shape index (κ2) is 19.4. The summed E-state index contributed by atoms with van der Waals surface area (Å²) < 4.78 is 10.4. The molecule has 0 radical (unpaired) electrons. The molecule has 0 aliphatic carbocycles. The predicted molar refractivity (Wildman–Crippen MR) is 112 cm³/mol. The van der Waals surface area contributed by atoms with Crippen LogP contribution in [0, 0.1) is 0 Å². The van der Waals surface area contributed by atoms with Crippen LogP contribution in [0.25, 0.3) is 0 Å². The molecule has 0 aromatic carbocycles. The lowest BCUT2D eigenvalue weighted by Crippen LogP contribution is -2.16. The number of ether oxygens (including phenoxy) is 2. The molecule has 27 heavy (non-hydrogen) atoms. The predicted octanol–water partition coefficient (Wildman–Crippen LogP) is 6.52. The van der Waals surface area contributed by atoms with Gasteiger partial charge in [-0.05, 0) is 19.3 Å². The number of hydrogen-bond acceptors (Lipinski definition) is 4. The number of esters is 2. The fraction of sp³-hybridized carbons (Fsp3) is 0.826. The van der Waals surface area contributed by atoms with Gasteiger partial charge in [-0.15, -0.1) is 0 Å². The lowest BCUT2D eigenvalue weighted by Gasteiger charge is -2.13. The summed E-state index contributed by atoms with van der Waals surface area (Å²) in [5.74, 6) is -0.940. The van der Waals surface area contributed by atoms with Crippen molar-refractivity contribution in [1.29, 1.82) is 0 Å². The molecule has 0 aliphatic rings. The van der Waals surface area contributed by atoms with Crippen molar-refractivity contribution in [2.45, 2.75) is 117 Å². The van der Waals surface area contributed by atoms with Crippen LogP contribution in [0.1, 0.15) is 111 Å². The Morgan fingerprint density at radius 3 is 1.74 bits per heavy atom. The van der Waals surface area contributed by atoms with Crippen molar-refractivity contribution in [3.05, 3.63) is 12.2 Å². The monoisotopic (exact) mass is 382 g/mol. The molecule has 0 saturated heterocycles. The number of unbranched alkanes of at least 4 members (excludes halogenated alkanes) is 10. The smallest absolute Gasteiger partial charge is 0.331 e. The van der Waals surface area contributed by atoms with E-state index in [4.69, 9.17) is 9.47 Å². The van der Waals surface area contributed by atoms with Gasteiger partial charge in [0.05, 0.1) is 6.61 Å². The minimum atomic E-state index is -0.470. The quantitative estimate of drug-likeness (QED) is 0.154. The first-order valence-electron chi connectivity index (χ1n) is 11.2. The van der Waals surface area contributed by atoms with Crippen molar-refractivity contribution in [1.82, 2.24) is 0 Å². The highest BCUT2D eigenvalue weighted by molar-refractivity contribution is 5.91. The second-order valence-corrected chi connectivity index (χ2v) is 7.29. The fourth-order valence-electron chi connectivity index (χ4n) is 3.00. The van der Waals surface area contributed by atoms with E-state index in [1.165, 1.54) is 69.9 Å². The van der Waals surface area contributed by atoms with E-state index in [0.717, 1.165) is 32.1 Å². The molecule has 0 fully saturated rings. The fourth-order valence-corrected chi connectivity index (χ4v) is 3.00. The van der Waals surface area contributed by atoms with Gasteiger partial charge in [0.15, 0.2) is 0 Å². The lowest BCUT2D eigenvalue weighted by atomic mass is 10.1. The standard InChI is InChI=1S/C23H42O4/c1-4-7-8-9-10-11-12-13-14-15-16-20-26-22(24)18-19-23(25)27-21(6-3)17-5-2/h18-19,21H,4-17,20H2,1-3H3/b19-18+. The molecule has 0 amide bonds. The van der Waals surface area contributed by atoms with E-state index in [9.17, 15) is 9.59 Å². The molecule has 1 atom stereocenters. The molecule has 158 valence electrons. The van der Waals surface area contributed by atoms with E-state index in [-0.39, 0.29) is 6.10 Å². The first-order chi connectivity index (χ1) is 13.1. The average Bonchev–Trinajstić information content (AvgIpc) is 2.66. The maximum atomic E-state index is 11.6. The van der Waals surface area contributed by atoms with Crippen LogP contribution < -0.4 is 0 Å². The van der Waals surface area contributed by atoms with Crippen molar-refractivity contribution < 1.29 is 19.1 Å². The maximum absolute atomic E-state index is 11.6. The first-order valence-corrected chi connectivity index (χ1v) is 11.2. The van der Waals surface area contributed by atoms with Crippen LogP contribution >= 0.6 is 0 Å². The normalized spacial score (nSPS) is 12.3. The molecule has 0 heterocycles. The first kappa shape index (κ1) is 25.7. The Morgan fingerprint density at radius 2 is 1.22 bits per heavy atom. The van der Waals surface area contributed by atoms with Crippen LogP contribution in [-0.4, -0.2) is 24.6 Å². The highest BCUT2D eigenvalue weighted by atomic mass is 16.5. The van der Waals surface area contributed by atoms with Gasteiger partial charge in [0.25, 0.3) is 0 Å². The van der Waals surface area contributed by atoms with Gasteiger partial charge in [0.1, 0.15) is 6.10 Å². The Bertz CT molecular complexity index is 390. The van der Waals surface area contributed by atoms with Gasteiger partial charge in [-0.3, -0.25) is 0 Å². The molecule has 0 rings (SSSR count). The minimum Gasteiger partial charge on any atom is -0.463 e. The van der Waals surface area contributed by atoms with Gasteiger partial charge in [-0.25, -0.2) is 9.59 Å². The number of carbonyl (C=O) groups is 2. The zero-order chi connectivity index (χ0) is 20.2. The van der Waals surface area contributed by atoms with Crippen molar-refractivity contribution in [2.24, 2.45) is 0 Å². The SMILES string of the molecule is CCCCCCCCCCCCCOC(=O)/C=C/C(=O)OC(CC)CCC. The number of rotatable bonds is 18. The molecule has 0 aromatic rings. The Labute approximate surface area is 167 Å². The molecule has 4 nitrogen and oxygen atoms in total. The summed E-state index contributed by atoms with van der Waals surface area (Å²) in [7, 11) is 0. The van der Waals surface area contributed by atoms with Gasteiger partial charge in [0.2, 0.25) is 0 Å². The summed E-state index contributed by atoms with van der Waals surface area (Å²) in [5.41, 5.74) is 0. The Hall–Kier alpha value is -1.32. The van der Waals surface area contributed by atoms with Crippen LogP contribution in [0.3, 0.4) is 0 Å². The van der Waals surface area contributed by atoms with E-state index in [0.29, 0.717) is 6.61 Å². The molecule has 4 heteroatoms. The Kier molecular flexibility index (Phi) is 18.5. The zero-order valence-electron chi connectivity index (χ0n) is 18.0. The van der Waals surface area contributed by atoms with Gasteiger partial charge in [0, 0.05) is 12.2 Å². The van der Waals surface area contributed by atoms with Crippen molar-refractivity contribution >= 4 is 11.9 Å². The van der Waals surface area contributed by atoms with E-state index < -0.39 is 11.9 Å². The molecule has 0 aliphatic heterocycles. The summed E-state index contributed by atoms with van der Waals surface area (Å²) in [4.78, 5) is 23.2. The van der Waals surface area contributed by atoms with E-state index in [2.05, 4.69) is 13.8 Å². The molecule has 0 aromatic heterocycles. The molecular formula is C23H42O4. The highest BCUT2D eigenvalue weighted by Gasteiger charge is 2.09. The van der Waals surface area contributed by atoms with Crippen LogP contribution in [-0.2, 0) is 19.1 Å². The molecule has 0 spiro atoms. The third-order valence-electron chi connectivity index (χ3n) is 4.70. The Morgan fingerprint density at radius 1 is 0.704 bits per heavy atom. The number of carbonyl (C=O) groups excluding carboxylic acids is 2. The molecule has 0 saturated carbocycles. The van der Waals surface area contributed by atoms with Gasteiger partial charge >= 0.3 is 11.9 Å². The second-order valence-electron chi connectivity index (χ2n) is 7.29. The van der Waals surface area contributed by atoms with Crippen LogP contribution in [0.2, 0.25) is 0 Å². The van der Waals surface area contributed by atoms with Crippen LogP contribution in [0.15, 0.2) is 12.2 Å². The summed E-state index contributed by atoms with van der Waals surface area (Å²) in [6.45, 7) is 6.71. The van der Waals surface area contributed by atoms with E-state index >= 15 is 0 Å². The average molecular weight is 383 g/mol. The van der Waals surface area contributed by atoms with Gasteiger partial charge in [-0.1, -0.05) is 91.4 Å². The third-order valence-corrected chi connectivity index (χ3v) is 4.70. The van der Waals surface area contributed by atoms with Crippen molar-refractivity contribution in [3.63, 3.8) is 0 Å². The topological polar surface area (TPSA) is 52.6 Å². The van der Waals surface area contributed by atoms with E-state index in [1.54, 1.807) is 0 Å². The maximum Gasteiger partial charge on any atom is 0.331 e. The summed E-state index contributed by atoms with van der Waals surface area (Å²) in [5, 5.41) is 0. The minimum absolute atomic E-state index is 0.0699. The van der Waals surface area contributed by atoms with Crippen LogP contribution in [0.5, 0.6) is 0 Å². The molecule has 1 unspecified atom stereocenters. The van der Waals surface area contributed by atoms with E-state index in [1.807, 2.05) is 6.92 Å². The summed E-state index contributed by atoms with van der Waals surface area (Å²) in [6, 6.07) is 0. The van der Waals surface area contributed by atoms with Crippen molar-refractivity contribution in [2.75, 3.05) is 6.61 Å². The number of hydrogen-bond donors (Lipinski definition) is 0. The summed E-state index contributed by atoms with van der Waals surface area (Å²) in [6.07, 6.45) is 18.8. The molecule has 0 N–H and O–H groups in total. The zero-order valence-corrected chi connectivity index (χ0v) is 18.0. The van der Waals surface area contributed by atoms with Crippen LogP contribution in [0.4, 0.5) is 0 Å². The van der Waals surface area contributed by atoms with Gasteiger partial charge in [-0.2, -0.15) is 0 Å². The highest BCUT2D eigenvalue weighted by Crippen LogP contribution is 2.11. The van der Waals surface area contributed by atoms with Crippen molar-refractivity contribution in [3.8, 4) is 0 Å². The largest absolute Gasteiger partial charge is 0.463 e. The molecule has 0 bridgehead atoms. The third kappa shape index (κ3) is 17.8.